The molecule has 1 unspecified atom stereocenters. The maximum atomic E-state index is 15.3. The number of Topliss-reactive ketones (excluding diaryl/α,β-unsaturated/α-hetero) is 4. The monoisotopic (exact) mass is 893 g/mol. The number of benzene rings is 4. The van der Waals surface area contributed by atoms with E-state index in [-0.39, 0.29) is 29.0 Å². The van der Waals surface area contributed by atoms with Gasteiger partial charge in [0.1, 0.15) is 42.1 Å². The highest BCUT2D eigenvalue weighted by Crippen LogP contribution is 2.57. The van der Waals surface area contributed by atoms with Gasteiger partial charge in [-0.3, -0.25) is 24.2 Å². The SMILES string of the molecule is COC(=O)c1c(C)cc2c(c1OCc1ccc(OCc3ccccc3)cc1)[C@]1(O)C(=O)c3cc4c(c(O)c3C(=O)[C@]1(OC)[C@H](O)C2)C(=O)CC(=NC1O[C@@H](C)[C@H](OC)[C@@H](O)[C@H]1CO)C4=O. The summed E-state index contributed by atoms with van der Waals surface area (Å²) in [5.41, 5.74) is -7.91. The minimum Gasteiger partial charge on any atom is -0.506 e. The predicted molar refractivity (Wildman–Crippen MR) is 227 cm³/mol. The molecule has 8 atom stereocenters. The number of esters is 1. The van der Waals surface area contributed by atoms with Gasteiger partial charge in [-0.1, -0.05) is 48.5 Å². The standard InChI is InChI=1S/C48H47NO16/c1-22-15-26-16-33(52)48(62-5)44(57)36-29(17-28-35(40(36)55)32(51)18-31(38(28)53)49-45-30(19-50)39(54)41(60-3)23(2)65-45)43(56)47(48,59)37(26)42(34(22)46(58)61-4)64-21-25-11-13-27(14-12-25)63-20-24-9-7-6-8-10-24/h6-15,17,23,30,33,39,41,45,50,52,54-55,59H,16,18-21H2,1-5H3/t23-,30+,33+,39-,41-,45?,47-,48+/m0/s1. The molecule has 17 nitrogen and oxygen atoms in total. The predicted octanol–water partition coefficient (Wildman–Crippen LogP) is 3.15. The number of aliphatic hydroxyl groups is 4. The number of fused-ring (bicyclic) bond motifs is 5. The number of aromatic hydroxyl groups is 1. The van der Waals surface area contributed by atoms with Crippen LogP contribution < -0.4 is 9.47 Å². The number of phenols is 1. The van der Waals surface area contributed by atoms with E-state index in [1.807, 2.05) is 30.3 Å². The van der Waals surface area contributed by atoms with E-state index in [1.54, 1.807) is 38.1 Å². The summed E-state index contributed by atoms with van der Waals surface area (Å²) in [5.74, 6) is -7.37. The van der Waals surface area contributed by atoms with Crippen molar-refractivity contribution in [2.24, 2.45) is 10.9 Å². The lowest BCUT2D eigenvalue weighted by Crippen LogP contribution is -2.73. The van der Waals surface area contributed by atoms with Gasteiger partial charge in [0.25, 0.3) is 0 Å². The van der Waals surface area contributed by atoms with Gasteiger partial charge in [0, 0.05) is 37.3 Å². The molecule has 1 aliphatic heterocycles. The number of hydrogen-bond acceptors (Lipinski definition) is 17. The maximum Gasteiger partial charge on any atom is 0.341 e. The van der Waals surface area contributed by atoms with E-state index in [9.17, 15) is 44.7 Å². The van der Waals surface area contributed by atoms with Crippen molar-refractivity contribution in [2.75, 3.05) is 27.9 Å². The maximum absolute atomic E-state index is 15.3. The lowest BCUT2D eigenvalue weighted by molar-refractivity contribution is -0.206. The molecule has 17 heteroatoms. The number of rotatable bonds is 11. The summed E-state index contributed by atoms with van der Waals surface area (Å²) in [6.07, 6.45) is -7.29. The Morgan fingerprint density at radius 3 is 2.22 bits per heavy atom. The van der Waals surface area contributed by atoms with Crippen molar-refractivity contribution in [3.05, 3.63) is 122 Å². The smallest absolute Gasteiger partial charge is 0.341 e. The van der Waals surface area contributed by atoms with Crippen LogP contribution in [0.1, 0.15) is 93.0 Å². The third-order valence-corrected chi connectivity index (χ3v) is 12.9. The van der Waals surface area contributed by atoms with Gasteiger partial charge in [-0.2, -0.15) is 0 Å². The molecule has 0 amide bonds. The normalized spacial score (nSPS) is 27.7. The first-order chi connectivity index (χ1) is 31.1. The van der Waals surface area contributed by atoms with Crippen LogP contribution in [0.15, 0.2) is 71.7 Å². The lowest BCUT2D eigenvalue weighted by Gasteiger charge is -2.53. The molecule has 0 saturated carbocycles. The van der Waals surface area contributed by atoms with E-state index in [0.29, 0.717) is 17.9 Å². The van der Waals surface area contributed by atoms with Crippen LogP contribution in [0.2, 0.25) is 0 Å². The second-order valence-corrected chi connectivity index (χ2v) is 16.5. The largest absolute Gasteiger partial charge is 0.506 e. The topological polar surface area (TPSA) is 254 Å². The van der Waals surface area contributed by atoms with E-state index in [0.717, 1.165) is 25.8 Å². The van der Waals surface area contributed by atoms with Crippen molar-refractivity contribution in [1.29, 1.82) is 0 Å². The summed E-state index contributed by atoms with van der Waals surface area (Å²) < 4.78 is 34.3. The van der Waals surface area contributed by atoms with E-state index >= 15 is 4.79 Å². The number of phenolic OH excluding ortho intramolecular Hbond substituents is 1. The Hall–Kier alpha value is -6.18. The average Bonchev–Trinajstić information content (AvgIpc) is 3.28. The highest BCUT2D eigenvalue weighted by Gasteiger charge is 2.73. The molecular weight excluding hydrogens is 847 g/mol. The fourth-order valence-corrected chi connectivity index (χ4v) is 9.64. The van der Waals surface area contributed by atoms with Gasteiger partial charge in [0.05, 0.1) is 61.2 Å². The van der Waals surface area contributed by atoms with Gasteiger partial charge in [-0.05, 0) is 54.3 Å². The Morgan fingerprint density at radius 1 is 0.892 bits per heavy atom. The molecule has 3 aliphatic carbocycles. The number of ketones is 4. The van der Waals surface area contributed by atoms with Gasteiger partial charge in [-0.25, -0.2) is 4.79 Å². The molecule has 5 N–H and O–H groups in total. The summed E-state index contributed by atoms with van der Waals surface area (Å²) in [5, 5.41) is 57.9. The quantitative estimate of drug-likeness (QED) is 0.136. The molecule has 1 saturated heterocycles. The van der Waals surface area contributed by atoms with E-state index in [1.165, 1.54) is 13.2 Å². The van der Waals surface area contributed by atoms with Crippen molar-refractivity contribution in [3.63, 3.8) is 0 Å². The van der Waals surface area contributed by atoms with Crippen LogP contribution in [0.5, 0.6) is 17.2 Å². The third kappa shape index (κ3) is 7.05. The molecule has 4 aromatic rings. The zero-order valence-corrected chi connectivity index (χ0v) is 36.0. The number of methoxy groups -OCH3 is 3. The number of aliphatic imine (C=N–C) groups is 1. The minimum absolute atomic E-state index is 0.1000. The van der Waals surface area contributed by atoms with Gasteiger partial charge < -0.3 is 54.0 Å². The van der Waals surface area contributed by atoms with E-state index in [4.69, 9.17) is 28.4 Å². The summed E-state index contributed by atoms with van der Waals surface area (Å²) in [7, 11) is 3.44. The number of carbonyl (C=O) groups is 5. The highest BCUT2D eigenvalue weighted by atomic mass is 16.6. The zero-order chi connectivity index (χ0) is 46.7. The molecule has 4 aliphatic rings. The number of hydrogen-bond donors (Lipinski definition) is 5. The molecular formula is C48H47NO16. The van der Waals surface area contributed by atoms with Gasteiger partial charge in [0.15, 0.2) is 23.2 Å². The van der Waals surface area contributed by atoms with Gasteiger partial charge in [-0.15, -0.1) is 0 Å². The Labute approximate surface area is 372 Å². The fourth-order valence-electron chi connectivity index (χ4n) is 9.64. The number of aliphatic hydroxyl groups excluding tert-OH is 3. The van der Waals surface area contributed by atoms with Crippen LogP contribution in [-0.4, -0.2) is 125 Å². The second kappa shape index (κ2) is 17.3. The fraction of sp³-hybridized carbons (Fsp3) is 0.375. The molecule has 4 aromatic carbocycles. The third-order valence-electron chi connectivity index (χ3n) is 12.9. The first-order valence-corrected chi connectivity index (χ1v) is 20.8. The minimum atomic E-state index is -3.21. The van der Waals surface area contributed by atoms with Gasteiger partial charge in [0.2, 0.25) is 17.3 Å². The van der Waals surface area contributed by atoms with Crippen LogP contribution in [0.3, 0.4) is 0 Å². The van der Waals surface area contributed by atoms with Crippen LogP contribution in [0.4, 0.5) is 0 Å². The molecule has 0 aromatic heterocycles. The van der Waals surface area contributed by atoms with Crippen LogP contribution in [0.25, 0.3) is 0 Å². The van der Waals surface area contributed by atoms with Crippen LogP contribution in [-0.2, 0) is 44.2 Å². The molecule has 65 heavy (non-hydrogen) atoms. The first-order valence-electron chi connectivity index (χ1n) is 20.8. The van der Waals surface area contributed by atoms with Gasteiger partial charge >= 0.3 is 5.97 Å². The number of nitrogens with zero attached hydrogens (tertiary/aromatic N) is 1. The second-order valence-electron chi connectivity index (χ2n) is 16.5. The van der Waals surface area contributed by atoms with Crippen molar-refractivity contribution >= 4 is 34.8 Å². The number of aryl methyl sites for hydroxylation is 1. The zero-order valence-electron chi connectivity index (χ0n) is 36.0. The number of ether oxygens (including phenoxy) is 6. The molecule has 0 spiro atoms. The average molecular weight is 894 g/mol. The summed E-state index contributed by atoms with van der Waals surface area (Å²) >= 11 is 0. The summed E-state index contributed by atoms with van der Waals surface area (Å²) in [4.78, 5) is 76.3. The molecule has 340 valence electrons. The molecule has 0 radical (unpaired) electrons. The highest BCUT2D eigenvalue weighted by molar-refractivity contribution is 6.53. The van der Waals surface area contributed by atoms with Crippen LogP contribution >= 0.6 is 0 Å². The Kier molecular flexibility index (Phi) is 12.1. The molecule has 8 rings (SSSR count). The first kappa shape index (κ1) is 45.4. The van der Waals surface area contributed by atoms with Crippen molar-refractivity contribution < 1.29 is 77.9 Å². The van der Waals surface area contributed by atoms with E-state index < -0.39 is 136 Å². The van der Waals surface area contributed by atoms with Crippen molar-refractivity contribution in [1.82, 2.24) is 0 Å². The summed E-state index contributed by atoms with van der Waals surface area (Å²) in [6, 6.07) is 18.7. The Morgan fingerprint density at radius 2 is 1.57 bits per heavy atom. The van der Waals surface area contributed by atoms with Crippen LogP contribution in [0, 0.1) is 12.8 Å². The number of carbonyl (C=O) groups excluding carboxylic acids is 5. The van der Waals surface area contributed by atoms with Crippen molar-refractivity contribution in [2.45, 2.75) is 81.7 Å². The van der Waals surface area contributed by atoms with E-state index in [2.05, 4.69) is 4.99 Å². The lowest BCUT2D eigenvalue weighted by atomic mass is 9.56. The molecule has 0 bridgehead atoms. The molecule has 1 fully saturated rings. The molecule has 1 heterocycles. The summed E-state index contributed by atoms with van der Waals surface area (Å²) in [6.45, 7) is 2.57. The Balaban J connectivity index is 1.23. The Bertz CT molecular complexity index is 2640. The van der Waals surface area contributed by atoms with Crippen molar-refractivity contribution in [3.8, 4) is 17.2 Å².